The molecule has 0 radical (unpaired) electrons. The summed E-state index contributed by atoms with van der Waals surface area (Å²) in [4.78, 5) is 22.5. The minimum Gasteiger partial charge on any atom is -0.475 e. The summed E-state index contributed by atoms with van der Waals surface area (Å²) in [6.07, 6.45) is 1.70. The first-order valence-electron chi connectivity index (χ1n) is 6.61. The van der Waals surface area contributed by atoms with Gasteiger partial charge in [0.25, 0.3) is 5.56 Å². The van der Waals surface area contributed by atoms with Gasteiger partial charge in [0.2, 0.25) is 5.88 Å². The van der Waals surface area contributed by atoms with E-state index >= 15 is 0 Å². The molecule has 1 atom stereocenters. The Hall–Kier alpha value is -1.42. The van der Waals surface area contributed by atoms with Gasteiger partial charge in [-0.3, -0.25) is 4.79 Å². The molecule has 3 N–H and O–H groups in total. The Morgan fingerprint density at radius 1 is 1.52 bits per heavy atom. The highest BCUT2D eigenvalue weighted by Crippen LogP contribution is 2.27. The smallest absolute Gasteiger partial charge is 0.265 e. The number of aliphatic hydroxyl groups is 1. The maximum Gasteiger partial charge on any atom is 0.265 e. The lowest BCUT2D eigenvalue weighted by atomic mass is 10.1. The first-order chi connectivity index (χ1) is 10.8. The van der Waals surface area contributed by atoms with Gasteiger partial charge in [-0.15, -0.1) is 0 Å². The van der Waals surface area contributed by atoms with Gasteiger partial charge in [-0.1, -0.05) is 23.4 Å². The van der Waals surface area contributed by atoms with Crippen molar-refractivity contribution in [1.29, 1.82) is 0 Å². The molecule has 0 saturated heterocycles. The lowest BCUT2D eigenvalue weighted by molar-refractivity contribution is 0.121. The summed E-state index contributed by atoms with van der Waals surface area (Å²) in [5.74, 6) is -1.02. The summed E-state index contributed by atoms with van der Waals surface area (Å²) in [6.45, 7) is 1.50. The second kappa shape index (κ2) is 7.00. The highest BCUT2D eigenvalue weighted by atomic mass is 35.5. The van der Waals surface area contributed by atoms with Crippen molar-refractivity contribution in [2.75, 3.05) is 26.5 Å². The second-order valence-corrected chi connectivity index (χ2v) is 6.23. The Kier molecular flexibility index (Phi) is 5.45. The zero-order valence-electron chi connectivity index (χ0n) is 12.7. The molecule has 0 aliphatic carbocycles. The number of fused-ring (bicyclic) bond motifs is 1. The molecule has 0 saturated carbocycles. The molecular weight excluding hydrogens is 347 g/mol. The number of rotatable bonds is 6. The number of hydrogen-bond acceptors (Lipinski definition) is 7. The molecule has 7 nitrogen and oxygen atoms in total. The van der Waals surface area contributed by atoms with E-state index in [2.05, 4.69) is 20.3 Å². The van der Waals surface area contributed by atoms with E-state index in [1.165, 1.54) is 0 Å². The molecule has 2 rings (SSSR count). The number of aromatic amines is 1. The Labute approximate surface area is 140 Å². The number of pyridine rings is 1. The van der Waals surface area contributed by atoms with Crippen molar-refractivity contribution in [3.8, 4) is 5.88 Å². The van der Waals surface area contributed by atoms with Crippen molar-refractivity contribution in [3.05, 3.63) is 21.3 Å². The largest absolute Gasteiger partial charge is 0.475 e. The van der Waals surface area contributed by atoms with Crippen LogP contribution in [0.5, 0.6) is 5.88 Å². The van der Waals surface area contributed by atoms with Crippen LogP contribution in [0.2, 0.25) is 5.15 Å². The van der Waals surface area contributed by atoms with Crippen LogP contribution < -0.4 is 15.6 Å². The van der Waals surface area contributed by atoms with Crippen molar-refractivity contribution in [2.24, 2.45) is 0 Å². The lowest BCUT2D eigenvalue weighted by Crippen LogP contribution is -2.48. The molecule has 2 aromatic rings. The number of aromatic nitrogens is 3. The van der Waals surface area contributed by atoms with E-state index in [1.807, 2.05) is 0 Å². The molecule has 1 unspecified atom stereocenters. The van der Waals surface area contributed by atoms with Crippen LogP contribution in [0.15, 0.2) is 9.95 Å². The summed E-state index contributed by atoms with van der Waals surface area (Å²) >= 11 is 6.93. The average molecular weight is 363 g/mol. The summed E-state index contributed by atoms with van der Waals surface area (Å²) in [6, 6.07) is 0. The molecule has 0 fully saturated rings. The van der Waals surface area contributed by atoms with Gasteiger partial charge in [-0.05, 0) is 20.2 Å². The molecule has 10 heteroatoms. The molecule has 0 aliphatic heterocycles. The Balaban J connectivity index is 2.56. The number of aliphatic hydroxyl groups excluding tert-OH is 1. The predicted molar refractivity (Wildman–Crippen MR) is 87.0 cm³/mol. The zero-order valence-corrected chi connectivity index (χ0v) is 14.3. The van der Waals surface area contributed by atoms with E-state index in [0.29, 0.717) is 0 Å². The molecule has 2 aromatic heterocycles. The van der Waals surface area contributed by atoms with Crippen LogP contribution >= 0.6 is 23.4 Å². The minimum atomic E-state index is -0.881. The first kappa shape index (κ1) is 17.9. The molecule has 0 bridgehead atoms. The van der Waals surface area contributed by atoms with Gasteiger partial charge in [0.1, 0.15) is 17.5 Å². The average Bonchev–Trinajstić information content (AvgIpc) is 2.56. The maximum atomic E-state index is 14.2. The van der Waals surface area contributed by atoms with Gasteiger partial charge in [-0.2, -0.15) is 4.98 Å². The van der Waals surface area contributed by atoms with Crippen LogP contribution in [0.1, 0.15) is 6.92 Å². The third kappa shape index (κ3) is 3.57. The number of halogens is 2. The number of nitrogens with one attached hydrogen (secondary N) is 2. The van der Waals surface area contributed by atoms with Gasteiger partial charge < -0.3 is 20.1 Å². The van der Waals surface area contributed by atoms with Crippen LogP contribution in [0.4, 0.5) is 4.39 Å². The molecule has 0 amide bonds. The third-order valence-corrected chi connectivity index (χ3v) is 4.20. The van der Waals surface area contributed by atoms with E-state index in [0.717, 1.165) is 11.8 Å². The van der Waals surface area contributed by atoms with Crippen LogP contribution in [-0.4, -0.2) is 52.1 Å². The van der Waals surface area contributed by atoms with Crippen LogP contribution in [0.25, 0.3) is 10.9 Å². The summed E-state index contributed by atoms with van der Waals surface area (Å²) in [5.41, 5.74) is -1.54. The third-order valence-electron chi connectivity index (χ3n) is 3.37. The van der Waals surface area contributed by atoms with E-state index in [9.17, 15) is 14.3 Å². The van der Waals surface area contributed by atoms with Crippen molar-refractivity contribution in [2.45, 2.75) is 17.6 Å². The van der Waals surface area contributed by atoms with Crippen LogP contribution in [-0.2, 0) is 0 Å². The van der Waals surface area contributed by atoms with Crippen molar-refractivity contribution >= 4 is 34.3 Å². The molecule has 2 heterocycles. The summed E-state index contributed by atoms with van der Waals surface area (Å²) in [5, 5.41) is 12.0. The maximum absolute atomic E-state index is 14.2. The van der Waals surface area contributed by atoms with Crippen LogP contribution in [0, 0.1) is 5.82 Å². The zero-order chi connectivity index (χ0) is 17.2. The van der Waals surface area contributed by atoms with Gasteiger partial charge in [0.05, 0.1) is 12.1 Å². The van der Waals surface area contributed by atoms with E-state index in [1.54, 1.807) is 20.2 Å². The van der Waals surface area contributed by atoms with E-state index in [-0.39, 0.29) is 35.2 Å². The number of likely N-dealkylation sites (N-methyl/N-ethyl adjacent to an activating group) is 1. The number of thioether (sulfide) groups is 1. The van der Waals surface area contributed by atoms with Crippen molar-refractivity contribution in [3.63, 3.8) is 0 Å². The molecule has 126 valence electrons. The van der Waals surface area contributed by atoms with Gasteiger partial charge in [0, 0.05) is 0 Å². The Bertz CT molecular complexity index is 782. The van der Waals surface area contributed by atoms with Gasteiger partial charge >= 0.3 is 0 Å². The quantitative estimate of drug-likeness (QED) is 0.403. The van der Waals surface area contributed by atoms with Crippen LogP contribution in [0.3, 0.4) is 0 Å². The number of H-pyrrole nitrogens is 1. The summed E-state index contributed by atoms with van der Waals surface area (Å²) in [7, 11) is 1.65. The number of nitrogens with zero attached hydrogens (tertiary/aromatic N) is 2. The Morgan fingerprint density at radius 2 is 2.22 bits per heavy atom. The Morgan fingerprint density at radius 3 is 2.78 bits per heavy atom. The van der Waals surface area contributed by atoms with Gasteiger partial charge in [0.15, 0.2) is 16.1 Å². The normalized spacial score (nSPS) is 14.0. The number of hydrogen-bond donors (Lipinski definition) is 3. The standard InChI is InChI=1S/C13H16ClFN4O3S/c1-13(4-20,16-2)5-22-11-6-8(7(15)9(14)18-11)17-12(23-3)19-10(6)21/h16,20H,4-5H2,1-3H3,(H,17,19,21). The molecule has 23 heavy (non-hydrogen) atoms. The van der Waals surface area contributed by atoms with Crippen molar-refractivity contribution < 1.29 is 14.2 Å². The SMILES string of the molecule is CNC(C)(CO)COc1nc(Cl)c(F)c2nc(SC)[nH]c(=O)c12. The molecule has 0 spiro atoms. The van der Waals surface area contributed by atoms with Gasteiger partial charge in [-0.25, -0.2) is 9.37 Å². The monoisotopic (exact) mass is 362 g/mol. The fourth-order valence-corrected chi connectivity index (χ4v) is 2.27. The summed E-state index contributed by atoms with van der Waals surface area (Å²) < 4.78 is 19.7. The van der Waals surface area contributed by atoms with Crippen molar-refractivity contribution in [1.82, 2.24) is 20.3 Å². The first-order valence-corrected chi connectivity index (χ1v) is 8.21. The second-order valence-electron chi connectivity index (χ2n) is 5.08. The molecule has 0 aliphatic rings. The van der Waals surface area contributed by atoms with E-state index < -0.39 is 22.1 Å². The topological polar surface area (TPSA) is 100 Å². The predicted octanol–water partition coefficient (Wildman–Crippen LogP) is 1.18. The number of ether oxygens (including phenoxy) is 1. The van der Waals surface area contributed by atoms with E-state index in [4.69, 9.17) is 16.3 Å². The minimum absolute atomic E-state index is 0.00617. The highest BCUT2D eigenvalue weighted by molar-refractivity contribution is 7.98. The molecular formula is C13H16ClFN4O3S. The fraction of sp³-hybridized carbons (Fsp3) is 0.462. The highest BCUT2D eigenvalue weighted by Gasteiger charge is 2.25. The molecule has 0 aromatic carbocycles. The lowest BCUT2D eigenvalue weighted by Gasteiger charge is -2.26. The fourth-order valence-electron chi connectivity index (χ4n) is 1.73.